The highest BCUT2D eigenvalue weighted by Crippen LogP contribution is 2.39. The van der Waals surface area contributed by atoms with E-state index in [2.05, 4.69) is 9.88 Å². The molecule has 0 unspecified atom stereocenters. The molecule has 3 rings (SSSR count). The van der Waals surface area contributed by atoms with Gasteiger partial charge >= 0.3 is 0 Å². The van der Waals surface area contributed by atoms with Crippen molar-refractivity contribution in [1.29, 1.82) is 0 Å². The minimum atomic E-state index is -3.49. The summed E-state index contributed by atoms with van der Waals surface area (Å²) in [5, 5.41) is 3.66. The summed E-state index contributed by atoms with van der Waals surface area (Å²) >= 11 is 1.46. The van der Waals surface area contributed by atoms with Crippen LogP contribution in [-0.4, -0.2) is 19.6 Å². The van der Waals surface area contributed by atoms with Crippen molar-refractivity contribution in [3.05, 3.63) is 22.0 Å². The quantitative estimate of drug-likeness (QED) is 0.941. The van der Waals surface area contributed by atoms with Gasteiger partial charge < -0.3 is 4.52 Å². The molecule has 0 spiro atoms. The summed E-state index contributed by atoms with van der Waals surface area (Å²) < 4.78 is 32.8. The summed E-state index contributed by atoms with van der Waals surface area (Å²) in [5.74, 6) is 0.498. The number of thiophene rings is 1. The van der Waals surface area contributed by atoms with Crippen LogP contribution in [-0.2, 0) is 10.0 Å². The number of hydrogen-bond donors (Lipinski definition) is 1. The number of aromatic nitrogens is 1. The maximum Gasteiger partial charge on any atom is 0.242 e. The Morgan fingerprint density at radius 3 is 2.68 bits per heavy atom. The fourth-order valence-corrected chi connectivity index (χ4v) is 5.27. The van der Waals surface area contributed by atoms with Crippen molar-refractivity contribution in [1.82, 2.24) is 9.88 Å². The van der Waals surface area contributed by atoms with Crippen molar-refractivity contribution in [3.8, 4) is 11.3 Å². The zero-order valence-corrected chi connectivity index (χ0v) is 12.3. The van der Waals surface area contributed by atoms with Crippen molar-refractivity contribution < 1.29 is 12.9 Å². The minimum absolute atomic E-state index is 0.0900. The maximum absolute atomic E-state index is 12.5. The van der Waals surface area contributed by atoms with Crippen LogP contribution < -0.4 is 4.72 Å². The molecule has 2 aromatic rings. The van der Waals surface area contributed by atoms with Crippen LogP contribution in [0.4, 0.5) is 0 Å². The van der Waals surface area contributed by atoms with Crippen molar-refractivity contribution in [2.24, 2.45) is 0 Å². The lowest BCUT2D eigenvalue weighted by atomic mass is 10.2. The first-order valence-electron chi connectivity index (χ1n) is 6.02. The second-order valence-electron chi connectivity index (χ2n) is 4.69. The summed E-state index contributed by atoms with van der Waals surface area (Å²) in [5.41, 5.74) is 0.633. The van der Waals surface area contributed by atoms with E-state index in [1.54, 1.807) is 6.07 Å². The molecule has 1 fully saturated rings. The first kappa shape index (κ1) is 12.8. The molecule has 0 atom stereocenters. The number of rotatable bonds is 4. The van der Waals surface area contributed by atoms with Gasteiger partial charge in [-0.3, -0.25) is 0 Å². The smallest absolute Gasteiger partial charge is 0.242 e. The topological polar surface area (TPSA) is 72.2 Å². The number of nitrogens with zero attached hydrogens (tertiary/aromatic N) is 1. The molecule has 5 nitrogen and oxygen atoms in total. The Balaban J connectivity index is 2.15. The van der Waals surface area contributed by atoms with E-state index in [1.165, 1.54) is 17.5 Å². The van der Waals surface area contributed by atoms with E-state index < -0.39 is 10.0 Å². The lowest BCUT2D eigenvalue weighted by molar-refractivity contribution is 0.431. The van der Waals surface area contributed by atoms with E-state index in [-0.39, 0.29) is 6.04 Å². The van der Waals surface area contributed by atoms with Gasteiger partial charge in [-0.15, -0.1) is 11.3 Å². The van der Waals surface area contributed by atoms with Gasteiger partial charge in [0, 0.05) is 21.9 Å². The van der Waals surface area contributed by atoms with Crippen molar-refractivity contribution in [2.75, 3.05) is 0 Å². The fraction of sp³-hybridized carbons (Fsp3) is 0.417. The zero-order chi connectivity index (χ0) is 13.6. The van der Waals surface area contributed by atoms with Crippen LogP contribution in [0.2, 0.25) is 0 Å². The summed E-state index contributed by atoms with van der Waals surface area (Å²) in [7, 11) is -3.49. The third-order valence-electron chi connectivity index (χ3n) is 3.06. The Kier molecular flexibility index (Phi) is 2.99. The second-order valence-corrected chi connectivity index (χ2v) is 7.77. The summed E-state index contributed by atoms with van der Waals surface area (Å²) in [6, 6.07) is 1.78. The molecule has 1 aliphatic rings. The van der Waals surface area contributed by atoms with Gasteiger partial charge in [0.05, 0.1) is 11.8 Å². The highest BCUT2D eigenvalue weighted by atomic mass is 32.2. The number of hydrogen-bond acceptors (Lipinski definition) is 5. The van der Waals surface area contributed by atoms with E-state index in [0.717, 1.165) is 22.6 Å². The normalized spacial score (nSPS) is 15.9. The molecule has 7 heteroatoms. The molecule has 0 radical (unpaired) electrons. The van der Waals surface area contributed by atoms with Gasteiger partial charge in [-0.2, -0.15) is 0 Å². The Labute approximate surface area is 115 Å². The molecule has 0 aromatic carbocycles. The third-order valence-corrected chi connectivity index (χ3v) is 5.90. The van der Waals surface area contributed by atoms with Crippen LogP contribution in [0, 0.1) is 13.8 Å². The van der Waals surface area contributed by atoms with Crippen LogP contribution >= 0.6 is 11.3 Å². The van der Waals surface area contributed by atoms with Crippen LogP contribution in [0.5, 0.6) is 0 Å². The summed E-state index contributed by atoms with van der Waals surface area (Å²) in [4.78, 5) is 2.03. The average Bonchev–Trinajstić information content (AvgIpc) is 2.87. The minimum Gasteiger partial charge on any atom is -0.356 e. The molecule has 2 heterocycles. The largest absolute Gasteiger partial charge is 0.356 e. The predicted octanol–water partition coefficient (Wildman–Crippen LogP) is 2.46. The van der Waals surface area contributed by atoms with E-state index in [1.807, 2.05) is 13.8 Å². The molecule has 19 heavy (non-hydrogen) atoms. The Bertz CT molecular complexity index is 698. The summed E-state index contributed by atoms with van der Waals surface area (Å²) in [6.45, 7) is 3.71. The first-order chi connectivity index (χ1) is 8.99. The van der Waals surface area contributed by atoms with Gasteiger partial charge in [0.25, 0.3) is 0 Å². The Morgan fingerprint density at radius 2 is 2.11 bits per heavy atom. The lowest BCUT2D eigenvalue weighted by Crippen LogP contribution is -2.26. The van der Waals surface area contributed by atoms with E-state index in [4.69, 9.17) is 4.52 Å². The van der Waals surface area contributed by atoms with Crippen LogP contribution in [0.3, 0.4) is 0 Å². The van der Waals surface area contributed by atoms with Gasteiger partial charge in [-0.1, -0.05) is 5.16 Å². The van der Waals surface area contributed by atoms with Crippen LogP contribution in [0.1, 0.15) is 22.6 Å². The Morgan fingerprint density at radius 1 is 1.37 bits per heavy atom. The molecule has 2 aromatic heterocycles. The molecule has 102 valence electrons. The van der Waals surface area contributed by atoms with Gasteiger partial charge in [-0.05, 0) is 26.7 Å². The van der Waals surface area contributed by atoms with Crippen LogP contribution in [0.15, 0.2) is 21.7 Å². The zero-order valence-electron chi connectivity index (χ0n) is 10.6. The summed E-state index contributed by atoms with van der Waals surface area (Å²) in [6.07, 6.45) is 3.35. The van der Waals surface area contributed by atoms with E-state index in [9.17, 15) is 8.42 Å². The molecular formula is C12H14N2O3S2. The first-order valence-corrected chi connectivity index (χ1v) is 8.32. The van der Waals surface area contributed by atoms with Gasteiger partial charge in [0.2, 0.25) is 10.0 Å². The maximum atomic E-state index is 12.5. The molecule has 0 bridgehead atoms. The average molecular weight is 298 g/mol. The lowest BCUT2D eigenvalue weighted by Gasteiger charge is -2.07. The molecular weight excluding hydrogens is 284 g/mol. The van der Waals surface area contributed by atoms with Gasteiger partial charge in [0.15, 0.2) is 5.76 Å². The number of nitrogens with one attached hydrogen (secondary N) is 1. The van der Waals surface area contributed by atoms with Gasteiger partial charge in [0.1, 0.15) is 4.90 Å². The second kappa shape index (κ2) is 4.43. The molecule has 0 aliphatic heterocycles. The number of aryl methyl sites for hydroxylation is 2. The van der Waals surface area contributed by atoms with Gasteiger partial charge in [-0.25, -0.2) is 13.1 Å². The number of sulfonamides is 1. The predicted molar refractivity (Wildman–Crippen MR) is 72.6 cm³/mol. The standard InChI is InChI=1S/C12H14N2O3S2/c1-7-11(10-5-6-13-17-10)12(8(2)18-7)19(15,16)14-9-3-4-9/h5-6,9,14H,3-4H2,1-2H3. The molecule has 0 saturated heterocycles. The highest BCUT2D eigenvalue weighted by molar-refractivity contribution is 7.89. The molecule has 1 N–H and O–H groups in total. The van der Waals surface area contributed by atoms with Crippen molar-refractivity contribution in [3.63, 3.8) is 0 Å². The highest BCUT2D eigenvalue weighted by Gasteiger charge is 2.33. The fourth-order valence-electron chi connectivity index (χ4n) is 2.10. The Hall–Kier alpha value is -1.18. The molecule has 0 amide bonds. The van der Waals surface area contributed by atoms with Crippen molar-refractivity contribution in [2.45, 2.75) is 37.6 Å². The SMILES string of the molecule is Cc1sc(C)c(S(=O)(=O)NC2CC2)c1-c1ccno1. The van der Waals surface area contributed by atoms with Crippen LogP contribution in [0.25, 0.3) is 11.3 Å². The molecule has 1 saturated carbocycles. The van der Waals surface area contributed by atoms with Crippen molar-refractivity contribution >= 4 is 21.4 Å². The third kappa shape index (κ3) is 2.33. The molecule has 1 aliphatic carbocycles. The monoisotopic (exact) mass is 298 g/mol. The van der Waals surface area contributed by atoms with E-state index in [0.29, 0.717) is 16.2 Å². The van der Waals surface area contributed by atoms with E-state index >= 15 is 0 Å².